The Balaban J connectivity index is 3.05. The number of hydrogen-bond donors (Lipinski definition) is 2. The molecule has 0 aromatic carbocycles. The van der Waals surface area contributed by atoms with Crippen molar-refractivity contribution in [1.29, 1.82) is 0 Å². The molecular weight excluding hydrogens is 174 g/mol. The van der Waals surface area contributed by atoms with Gasteiger partial charge in [-0.3, -0.25) is 9.67 Å². The molecule has 0 aliphatic carbocycles. The van der Waals surface area contributed by atoms with Crippen molar-refractivity contribution in [2.45, 2.75) is 27.3 Å². The molecule has 0 atom stereocenters. The van der Waals surface area contributed by atoms with Crippen molar-refractivity contribution in [2.24, 2.45) is 5.41 Å². The number of nitrogens with one attached hydrogen (secondary N) is 2. The lowest BCUT2D eigenvalue weighted by molar-refractivity contribution is 0.336. The molecule has 0 spiro atoms. The zero-order valence-electron chi connectivity index (χ0n) is 7.47. The Labute approximate surface area is 75.6 Å². The Kier molecular flexibility index (Phi) is 2.23. The van der Waals surface area contributed by atoms with E-state index in [9.17, 15) is 4.79 Å². The summed E-state index contributed by atoms with van der Waals surface area (Å²) in [5.41, 5.74) is -0.108. The summed E-state index contributed by atoms with van der Waals surface area (Å²) in [6.45, 7) is 6.80. The van der Waals surface area contributed by atoms with Gasteiger partial charge in [-0.1, -0.05) is 20.8 Å². The van der Waals surface area contributed by atoms with Crippen molar-refractivity contribution in [3.63, 3.8) is 0 Å². The Morgan fingerprint density at radius 1 is 1.42 bits per heavy atom. The molecule has 68 valence electrons. The van der Waals surface area contributed by atoms with Crippen molar-refractivity contribution in [1.82, 2.24) is 14.8 Å². The van der Waals surface area contributed by atoms with Crippen LogP contribution in [0.1, 0.15) is 20.8 Å². The molecule has 0 bridgehead atoms. The standard InChI is InChI=1S/C7H13N3OS/c1-7(2,3)4-10-5(11)8-9-6(10)12/h4H2,1-3H3,(H,8,11)(H,9,12). The Morgan fingerprint density at radius 2 is 2.00 bits per heavy atom. The van der Waals surface area contributed by atoms with Gasteiger partial charge in [0, 0.05) is 6.54 Å². The summed E-state index contributed by atoms with van der Waals surface area (Å²) in [5, 5.41) is 5.04. The first-order chi connectivity index (χ1) is 5.40. The van der Waals surface area contributed by atoms with Gasteiger partial charge in [-0.25, -0.2) is 9.89 Å². The number of rotatable bonds is 1. The maximum atomic E-state index is 11.1. The maximum absolute atomic E-state index is 11.1. The highest BCUT2D eigenvalue weighted by Crippen LogP contribution is 2.14. The van der Waals surface area contributed by atoms with Gasteiger partial charge in [-0.15, -0.1) is 0 Å². The lowest BCUT2D eigenvalue weighted by atomic mass is 9.97. The minimum atomic E-state index is -0.171. The molecule has 0 aliphatic heterocycles. The van der Waals surface area contributed by atoms with Gasteiger partial charge in [0.25, 0.3) is 0 Å². The van der Waals surface area contributed by atoms with Crippen LogP contribution >= 0.6 is 12.2 Å². The van der Waals surface area contributed by atoms with Crippen LogP contribution in [-0.4, -0.2) is 14.8 Å². The van der Waals surface area contributed by atoms with Crippen LogP contribution in [0.3, 0.4) is 0 Å². The predicted octanol–water partition coefficient (Wildman–Crippen LogP) is 1.28. The van der Waals surface area contributed by atoms with E-state index in [4.69, 9.17) is 12.2 Å². The van der Waals surface area contributed by atoms with E-state index in [0.29, 0.717) is 11.3 Å². The van der Waals surface area contributed by atoms with Gasteiger partial charge in [0.2, 0.25) is 0 Å². The molecule has 1 aromatic heterocycles. The SMILES string of the molecule is CC(C)(C)Cn1c(=O)[nH][nH]c1=S. The summed E-state index contributed by atoms with van der Waals surface area (Å²) in [6, 6.07) is 0. The molecule has 1 rings (SSSR count). The fourth-order valence-electron chi connectivity index (χ4n) is 0.952. The van der Waals surface area contributed by atoms with Crippen molar-refractivity contribution in [2.75, 3.05) is 0 Å². The van der Waals surface area contributed by atoms with Crippen LogP contribution in [-0.2, 0) is 6.54 Å². The summed E-state index contributed by atoms with van der Waals surface area (Å²) in [6.07, 6.45) is 0. The van der Waals surface area contributed by atoms with E-state index < -0.39 is 0 Å². The van der Waals surface area contributed by atoms with Gasteiger partial charge in [0.15, 0.2) is 4.77 Å². The molecule has 0 saturated carbocycles. The average molecular weight is 187 g/mol. The molecule has 4 nitrogen and oxygen atoms in total. The summed E-state index contributed by atoms with van der Waals surface area (Å²) in [4.78, 5) is 11.1. The van der Waals surface area contributed by atoms with Crippen LogP contribution in [0.15, 0.2) is 4.79 Å². The topological polar surface area (TPSA) is 53.6 Å². The molecule has 1 heterocycles. The number of aromatic nitrogens is 3. The smallest absolute Gasteiger partial charge is 0.272 e. The third kappa shape index (κ3) is 2.07. The second-order valence-corrected chi connectivity index (χ2v) is 4.39. The summed E-state index contributed by atoms with van der Waals surface area (Å²) >= 11 is 4.92. The first kappa shape index (κ1) is 9.25. The molecule has 5 heteroatoms. The Hall–Kier alpha value is -0.840. The van der Waals surface area contributed by atoms with Crippen molar-refractivity contribution >= 4 is 12.2 Å². The minimum Gasteiger partial charge on any atom is -0.272 e. The molecule has 2 N–H and O–H groups in total. The molecule has 0 unspecified atom stereocenters. The van der Waals surface area contributed by atoms with E-state index in [0.717, 1.165) is 0 Å². The van der Waals surface area contributed by atoms with Crippen LogP contribution in [0.5, 0.6) is 0 Å². The van der Waals surface area contributed by atoms with Gasteiger partial charge in [0.05, 0.1) is 0 Å². The quantitative estimate of drug-likeness (QED) is 0.651. The van der Waals surface area contributed by atoms with Crippen LogP contribution in [0.25, 0.3) is 0 Å². The van der Waals surface area contributed by atoms with Gasteiger partial charge in [-0.05, 0) is 17.6 Å². The number of H-pyrrole nitrogens is 2. The lowest BCUT2D eigenvalue weighted by Crippen LogP contribution is -2.24. The third-order valence-corrected chi connectivity index (χ3v) is 1.72. The zero-order chi connectivity index (χ0) is 9.35. The van der Waals surface area contributed by atoms with Crippen molar-refractivity contribution in [3.8, 4) is 0 Å². The van der Waals surface area contributed by atoms with Gasteiger partial charge in [0.1, 0.15) is 0 Å². The van der Waals surface area contributed by atoms with Crippen LogP contribution < -0.4 is 5.69 Å². The van der Waals surface area contributed by atoms with E-state index in [1.54, 1.807) is 0 Å². The first-order valence-corrected chi connectivity index (χ1v) is 4.18. The first-order valence-electron chi connectivity index (χ1n) is 3.78. The number of aromatic amines is 2. The summed E-state index contributed by atoms with van der Waals surface area (Å²) < 4.78 is 1.98. The zero-order valence-corrected chi connectivity index (χ0v) is 8.29. The van der Waals surface area contributed by atoms with Crippen LogP contribution in [0.4, 0.5) is 0 Å². The number of hydrogen-bond acceptors (Lipinski definition) is 2. The molecular formula is C7H13N3OS. The minimum absolute atomic E-state index is 0.0629. The normalized spacial score (nSPS) is 11.9. The third-order valence-electron chi connectivity index (χ3n) is 1.40. The van der Waals surface area contributed by atoms with E-state index in [1.807, 2.05) is 0 Å². The van der Waals surface area contributed by atoms with E-state index >= 15 is 0 Å². The molecule has 0 aliphatic rings. The summed E-state index contributed by atoms with van der Waals surface area (Å²) in [7, 11) is 0. The highest BCUT2D eigenvalue weighted by molar-refractivity contribution is 7.71. The van der Waals surface area contributed by atoms with Crippen molar-refractivity contribution in [3.05, 3.63) is 15.3 Å². The van der Waals surface area contributed by atoms with Crippen LogP contribution in [0, 0.1) is 10.2 Å². The van der Waals surface area contributed by atoms with Gasteiger partial charge >= 0.3 is 5.69 Å². The highest BCUT2D eigenvalue weighted by Gasteiger charge is 2.13. The lowest BCUT2D eigenvalue weighted by Gasteiger charge is -2.17. The number of nitrogens with zero attached hydrogens (tertiary/aromatic N) is 1. The summed E-state index contributed by atoms with van der Waals surface area (Å²) in [5.74, 6) is 0. The molecule has 0 amide bonds. The average Bonchev–Trinajstić information content (AvgIpc) is 2.16. The maximum Gasteiger partial charge on any atom is 0.342 e. The van der Waals surface area contributed by atoms with E-state index in [1.165, 1.54) is 4.57 Å². The molecule has 12 heavy (non-hydrogen) atoms. The van der Waals surface area contributed by atoms with Gasteiger partial charge in [-0.2, -0.15) is 0 Å². The fourth-order valence-corrected chi connectivity index (χ4v) is 1.15. The predicted molar refractivity (Wildman–Crippen MR) is 49.7 cm³/mol. The van der Waals surface area contributed by atoms with E-state index in [-0.39, 0.29) is 11.1 Å². The fraction of sp³-hybridized carbons (Fsp3) is 0.714. The Bertz CT molecular complexity index is 337. The largest absolute Gasteiger partial charge is 0.342 e. The second-order valence-electron chi connectivity index (χ2n) is 4.01. The Morgan fingerprint density at radius 3 is 2.33 bits per heavy atom. The monoisotopic (exact) mass is 187 g/mol. The molecule has 1 aromatic rings. The molecule has 0 fully saturated rings. The van der Waals surface area contributed by atoms with Gasteiger partial charge < -0.3 is 0 Å². The highest BCUT2D eigenvalue weighted by atomic mass is 32.1. The van der Waals surface area contributed by atoms with Crippen molar-refractivity contribution < 1.29 is 0 Å². The molecule has 0 saturated heterocycles. The second kappa shape index (κ2) is 2.90. The van der Waals surface area contributed by atoms with E-state index in [2.05, 4.69) is 31.0 Å². The van der Waals surface area contributed by atoms with Crippen LogP contribution in [0.2, 0.25) is 0 Å². The molecule has 0 radical (unpaired) electrons.